The summed E-state index contributed by atoms with van der Waals surface area (Å²) in [4.78, 5) is 0. The van der Waals surface area contributed by atoms with Gasteiger partial charge in [0, 0.05) is 10.5 Å². The van der Waals surface area contributed by atoms with Gasteiger partial charge >= 0.3 is 0 Å². The van der Waals surface area contributed by atoms with Gasteiger partial charge < -0.3 is 8.85 Å². The molecule has 5 heteroatoms. The maximum atomic E-state index is 6.70. The second-order valence-electron chi connectivity index (χ2n) is 11.7. The molecule has 0 saturated carbocycles. The van der Waals surface area contributed by atoms with Crippen LogP contribution in [-0.4, -0.2) is 16.6 Å². The summed E-state index contributed by atoms with van der Waals surface area (Å²) in [5.74, 6) is 1.79. The maximum Gasteiger partial charge on any atom is 0.250 e. The molecule has 175 valence electrons. The van der Waals surface area contributed by atoms with E-state index >= 15 is 0 Å². The molecule has 0 unspecified atom stereocenters. The van der Waals surface area contributed by atoms with Gasteiger partial charge in [-0.05, 0) is 90.2 Å². The zero-order chi connectivity index (χ0) is 24.5. The van der Waals surface area contributed by atoms with Gasteiger partial charge in [0.25, 0.3) is 0 Å². The highest BCUT2D eigenvalue weighted by Gasteiger charge is 2.40. The van der Waals surface area contributed by atoms with Gasteiger partial charge in [-0.25, -0.2) is 0 Å². The van der Waals surface area contributed by atoms with E-state index in [0.29, 0.717) is 0 Å². The Labute approximate surface area is 206 Å². The predicted octanol–water partition coefficient (Wildman–Crippen LogP) is 9.58. The van der Waals surface area contributed by atoms with Gasteiger partial charge in [-0.15, -0.1) is 0 Å². The molecule has 0 amide bonds. The van der Waals surface area contributed by atoms with Crippen molar-refractivity contribution >= 4 is 44.2 Å². The van der Waals surface area contributed by atoms with Gasteiger partial charge in [-0.2, -0.15) is 0 Å². The van der Waals surface area contributed by atoms with Crippen LogP contribution in [0.1, 0.15) is 59.6 Å². The first-order valence-electron chi connectivity index (χ1n) is 11.3. The third-order valence-electron chi connectivity index (χ3n) is 6.89. The quantitative estimate of drug-likeness (QED) is 0.272. The van der Waals surface area contributed by atoms with E-state index in [2.05, 4.69) is 121 Å². The van der Waals surface area contributed by atoms with Crippen LogP contribution in [-0.2, 0) is 0 Å². The van der Waals surface area contributed by atoms with Crippen molar-refractivity contribution in [2.75, 3.05) is 0 Å². The van der Waals surface area contributed by atoms with Crippen molar-refractivity contribution in [3.63, 3.8) is 0 Å². The Bertz CT molecular complexity index is 934. The molecule has 0 aromatic heterocycles. The fourth-order valence-electron chi connectivity index (χ4n) is 2.65. The largest absolute Gasteiger partial charge is 0.543 e. The molecular weight excluding hydrogens is 492 g/mol. The minimum atomic E-state index is -1.98. The van der Waals surface area contributed by atoms with E-state index in [-0.39, 0.29) is 10.1 Å². The Hall–Kier alpha value is -1.31. The van der Waals surface area contributed by atoms with Crippen molar-refractivity contribution in [3.8, 4) is 11.5 Å². The molecule has 0 aliphatic heterocycles. The molecule has 0 aliphatic rings. The Morgan fingerprint density at radius 2 is 1.34 bits per heavy atom. The van der Waals surface area contributed by atoms with Crippen LogP contribution in [0.3, 0.4) is 0 Å². The van der Waals surface area contributed by atoms with Crippen LogP contribution in [0.2, 0.25) is 36.3 Å². The molecule has 2 rings (SSSR count). The second-order valence-corrected chi connectivity index (χ2v) is 22.0. The molecule has 0 fully saturated rings. The fourth-order valence-corrected chi connectivity index (χ4v) is 5.06. The third kappa shape index (κ3) is 6.61. The monoisotopic (exact) mass is 531 g/mol. The predicted molar refractivity (Wildman–Crippen MR) is 149 cm³/mol. The summed E-state index contributed by atoms with van der Waals surface area (Å²) < 4.78 is 14.4. The summed E-state index contributed by atoms with van der Waals surface area (Å²) in [6.07, 6.45) is 2.16. The Balaban J connectivity index is 2.57. The van der Waals surface area contributed by atoms with Crippen LogP contribution in [0.25, 0.3) is 11.6 Å². The van der Waals surface area contributed by atoms with Crippen LogP contribution in [0.5, 0.6) is 11.5 Å². The van der Waals surface area contributed by atoms with Crippen LogP contribution < -0.4 is 8.85 Å². The first-order valence-corrected chi connectivity index (χ1v) is 17.9. The average molecular weight is 533 g/mol. The summed E-state index contributed by atoms with van der Waals surface area (Å²) >= 11 is 3.64. The zero-order valence-electron chi connectivity index (χ0n) is 21.7. The molecule has 32 heavy (non-hydrogen) atoms. The molecule has 0 heterocycles. The average Bonchev–Trinajstić information content (AvgIpc) is 2.60. The lowest BCUT2D eigenvalue weighted by Crippen LogP contribution is -2.44. The zero-order valence-corrected chi connectivity index (χ0v) is 25.3. The van der Waals surface area contributed by atoms with Crippen LogP contribution in [0.15, 0.2) is 40.9 Å². The van der Waals surface area contributed by atoms with Gasteiger partial charge in [0.2, 0.25) is 16.6 Å². The van der Waals surface area contributed by atoms with Crippen LogP contribution in [0.4, 0.5) is 0 Å². The first kappa shape index (κ1) is 26.9. The molecule has 1 radical (unpaired) electrons. The first-order chi connectivity index (χ1) is 14.4. The molecule has 0 bridgehead atoms. The fraction of sp³-hybridized carbons (Fsp3) is 0.481. The number of halogens is 1. The van der Waals surface area contributed by atoms with E-state index in [1.165, 1.54) is 0 Å². The Kier molecular flexibility index (Phi) is 8.01. The molecule has 0 spiro atoms. The van der Waals surface area contributed by atoms with Crippen molar-refractivity contribution in [3.05, 3.63) is 58.1 Å². The highest BCUT2D eigenvalue weighted by molar-refractivity contribution is 9.10. The summed E-state index contributed by atoms with van der Waals surface area (Å²) in [5.41, 5.74) is 3.29. The molecule has 2 aromatic carbocycles. The Morgan fingerprint density at radius 1 is 0.875 bits per heavy atom. The summed E-state index contributed by atoms with van der Waals surface area (Å²) in [5, 5.41) is 0.246. The normalized spacial score (nSPS) is 13.8. The van der Waals surface area contributed by atoms with Crippen LogP contribution in [0, 0.1) is 6.07 Å². The molecule has 2 aromatic rings. The maximum absolute atomic E-state index is 6.70. The highest BCUT2D eigenvalue weighted by atomic mass is 79.9. The van der Waals surface area contributed by atoms with Crippen molar-refractivity contribution in [1.29, 1.82) is 0 Å². The van der Waals surface area contributed by atoms with E-state index in [9.17, 15) is 0 Å². The number of benzene rings is 2. The molecule has 0 aliphatic carbocycles. The molecular formula is C27H40BrO2Si2. The van der Waals surface area contributed by atoms with Crippen molar-refractivity contribution in [2.24, 2.45) is 0 Å². The SMILES string of the molecule is CC(=Cc1[c]cccc1Br)c1cc(O[Si](C)(C)C(C)(C)C)cc(O[Si](C)(C)C(C)(C)C)c1. The van der Waals surface area contributed by atoms with E-state index in [0.717, 1.165) is 32.7 Å². The van der Waals surface area contributed by atoms with E-state index < -0.39 is 16.6 Å². The highest BCUT2D eigenvalue weighted by Crippen LogP contribution is 2.41. The van der Waals surface area contributed by atoms with Crippen molar-refractivity contribution in [1.82, 2.24) is 0 Å². The van der Waals surface area contributed by atoms with Gasteiger partial charge in [0.05, 0.1) is 0 Å². The second kappa shape index (κ2) is 9.51. The number of hydrogen-bond acceptors (Lipinski definition) is 2. The lowest BCUT2D eigenvalue weighted by Gasteiger charge is -2.38. The van der Waals surface area contributed by atoms with E-state index in [1.807, 2.05) is 18.2 Å². The van der Waals surface area contributed by atoms with Gasteiger partial charge in [0.15, 0.2) is 0 Å². The van der Waals surface area contributed by atoms with Gasteiger partial charge in [-0.3, -0.25) is 0 Å². The number of hydrogen-bond donors (Lipinski definition) is 0. The topological polar surface area (TPSA) is 18.5 Å². The minimum absolute atomic E-state index is 0.123. The van der Waals surface area contributed by atoms with E-state index in [4.69, 9.17) is 8.85 Å². The lowest BCUT2D eigenvalue weighted by molar-refractivity contribution is 0.474. The van der Waals surface area contributed by atoms with Crippen molar-refractivity contribution < 1.29 is 8.85 Å². The summed E-state index contributed by atoms with van der Waals surface area (Å²) in [6, 6.07) is 15.7. The van der Waals surface area contributed by atoms with E-state index in [1.54, 1.807) is 0 Å². The molecule has 0 saturated heterocycles. The number of allylic oxidation sites excluding steroid dienone is 1. The molecule has 0 atom stereocenters. The molecule has 0 N–H and O–H groups in total. The Morgan fingerprint density at radius 3 is 1.75 bits per heavy atom. The summed E-state index contributed by atoms with van der Waals surface area (Å²) in [6.45, 7) is 24.9. The van der Waals surface area contributed by atoms with Crippen LogP contribution >= 0.6 is 15.9 Å². The van der Waals surface area contributed by atoms with Gasteiger partial charge in [-0.1, -0.05) is 69.6 Å². The smallest absolute Gasteiger partial charge is 0.250 e. The minimum Gasteiger partial charge on any atom is -0.543 e. The third-order valence-corrected chi connectivity index (χ3v) is 16.3. The van der Waals surface area contributed by atoms with Crippen molar-refractivity contribution in [2.45, 2.75) is 84.7 Å². The van der Waals surface area contributed by atoms with Gasteiger partial charge in [0.1, 0.15) is 11.5 Å². The number of rotatable bonds is 6. The lowest BCUT2D eigenvalue weighted by atomic mass is 10.0. The summed E-state index contributed by atoms with van der Waals surface area (Å²) in [7, 11) is -3.96. The molecule has 2 nitrogen and oxygen atoms in total. The standard InChI is InChI=1S/C27H40BrO2Si2/c1-20(16-21-14-12-13-15-25(21)28)22-17-23(29-31(8,9)26(2,3)4)19-24(18-22)30-32(10,11)27(5,6)7/h12-13,15-19H,1-11H3.